The topological polar surface area (TPSA) is 37.9 Å². The molecule has 0 saturated heterocycles. The number of para-hydroxylation sites is 1. The monoisotopic (exact) mass is 395 g/mol. The second-order valence-corrected chi connectivity index (χ2v) is 7.49. The van der Waals surface area contributed by atoms with Crippen molar-refractivity contribution < 1.29 is 21.8 Å². The molecule has 0 spiro atoms. The summed E-state index contributed by atoms with van der Waals surface area (Å²) in [5, 5.41) is 3.11. The number of anilines is 1. The molecule has 4 nitrogen and oxygen atoms in total. The van der Waals surface area contributed by atoms with E-state index in [2.05, 4.69) is 51.8 Å². The van der Waals surface area contributed by atoms with Crippen molar-refractivity contribution >= 4 is 11.6 Å². The minimum atomic E-state index is 0. The normalized spacial score (nSPS) is 12.4. The summed E-state index contributed by atoms with van der Waals surface area (Å²) in [6.45, 7) is 7.52. The number of aryl methyl sites for hydroxylation is 3. The summed E-state index contributed by atoms with van der Waals surface area (Å²) in [7, 11) is 0. The molecule has 0 unspecified atom stereocenters. The zero-order valence-electron chi connectivity index (χ0n) is 16.6. The Kier molecular flexibility index (Phi) is 5.90. The van der Waals surface area contributed by atoms with Crippen LogP contribution in [-0.4, -0.2) is 10.5 Å². The van der Waals surface area contributed by atoms with Crippen LogP contribution in [0.1, 0.15) is 28.9 Å². The average Bonchev–Trinajstić information content (AvgIpc) is 3.23. The molecule has 0 atom stereocenters. The van der Waals surface area contributed by atoms with Crippen LogP contribution in [-0.2, 0) is 24.3 Å². The van der Waals surface area contributed by atoms with Crippen molar-refractivity contribution in [1.82, 2.24) is 4.57 Å². The van der Waals surface area contributed by atoms with Gasteiger partial charge in [-0.05, 0) is 38.3 Å². The van der Waals surface area contributed by atoms with Gasteiger partial charge in [-0.15, -0.1) is 0 Å². The Morgan fingerprint density at radius 1 is 1.07 bits per heavy atom. The Labute approximate surface area is 172 Å². The van der Waals surface area contributed by atoms with Gasteiger partial charge in [0.25, 0.3) is 11.7 Å². The smallest absolute Gasteiger partial charge is 0.266 e. The number of carbonyl (C=O) groups is 1. The van der Waals surface area contributed by atoms with Crippen LogP contribution in [0.25, 0.3) is 11.3 Å². The fourth-order valence-corrected chi connectivity index (χ4v) is 3.95. The average molecular weight is 396 g/mol. The number of amides is 1. The summed E-state index contributed by atoms with van der Waals surface area (Å²) in [4.78, 5) is 12.7. The Hall–Kier alpha value is -2.59. The molecular weight excluding hydrogens is 370 g/mol. The van der Waals surface area contributed by atoms with Crippen LogP contribution >= 0.6 is 0 Å². The van der Waals surface area contributed by atoms with Gasteiger partial charge in [-0.25, -0.2) is 9.13 Å². The van der Waals surface area contributed by atoms with E-state index < -0.39 is 0 Å². The fourth-order valence-electron chi connectivity index (χ4n) is 3.95. The summed E-state index contributed by atoms with van der Waals surface area (Å²) in [6.07, 6.45) is 4.28. The number of halogens is 1. The number of hydrogen-bond donors (Lipinski definition) is 1. The first-order chi connectivity index (χ1) is 13.0. The summed E-state index contributed by atoms with van der Waals surface area (Å²) in [5.74, 6) is 1.26. The number of hydrogen-bond acceptors (Lipinski definition) is 1. The lowest BCUT2D eigenvalue weighted by molar-refractivity contribution is -0.690. The molecule has 1 aliphatic heterocycles. The number of aromatic nitrogens is 2. The van der Waals surface area contributed by atoms with Crippen LogP contribution in [0.4, 0.5) is 5.69 Å². The molecule has 1 aromatic heterocycles. The molecule has 0 aliphatic carbocycles. The van der Waals surface area contributed by atoms with Crippen molar-refractivity contribution in [3.63, 3.8) is 0 Å². The molecule has 0 radical (unpaired) electrons. The molecule has 2 heterocycles. The zero-order chi connectivity index (χ0) is 19.0. The molecule has 0 bridgehead atoms. The molecule has 0 saturated carbocycles. The van der Waals surface area contributed by atoms with E-state index in [9.17, 15) is 4.79 Å². The van der Waals surface area contributed by atoms with E-state index >= 15 is 0 Å². The maximum absolute atomic E-state index is 12.7. The Balaban J connectivity index is 0.00000225. The number of nitrogens with zero attached hydrogens (tertiary/aromatic N) is 2. The molecule has 0 fully saturated rings. The molecule has 5 heteroatoms. The third-order valence-electron chi connectivity index (χ3n) is 5.40. The number of benzene rings is 2. The van der Waals surface area contributed by atoms with E-state index in [0.717, 1.165) is 36.2 Å². The predicted molar refractivity (Wildman–Crippen MR) is 108 cm³/mol. The van der Waals surface area contributed by atoms with Crippen molar-refractivity contribution in [2.75, 3.05) is 5.32 Å². The van der Waals surface area contributed by atoms with Gasteiger partial charge in [0, 0.05) is 11.3 Å². The minimum absolute atomic E-state index is 0. The highest BCUT2D eigenvalue weighted by molar-refractivity contribution is 5.91. The highest BCUT2D eigenvalue weighted by Gasteiger charge is 2.29. The summed E-state index contributed by atoms with van der Waals surface area (Å²) in [6, 6.07) is 14.7. The van der Waals surface area contributed by atoms with Gasteiger partial charge in [0.05, 0.1) is 13.0 Å². The van der Waals surface area contributed by atoms with Crippen LogP contribution < -0.4 is 22.3 Å². The Morgan fingerprint density at radius 2 is 1.75 bits per heavy atom. The molecule has 3 aromatic rings. The second-order valence-electron chi connectivity index (χ2n) is 7.49. The van der Waals surface area contributed by atoms with Gasteiger partial charge in [-0.3, -0.25) is 4.79 Å². The lowest BCUT2D eigenvalue weighted by Gasteiger charge is -2.10. The van der Waals surface area contributed by atoms with Crippen molar-refractivity contribution in [3.05, 3.63) is 71.2 Å². The third kappa shape index (κ3) is 3.83. The summed E-state index contributed by atoms with van der Waals surface area (Å²) >= 11 is 0. The van der Waals surface area contributed by atoms with Crippen LogP contribution in [0.2, 0.25) is 0 Å². The maximum Gasteiger partial charge on any atom is 0.266 e. The second kappa shape index (κ2) is 8.19. The van der Waals surface area contributed by atoms with Crippen molar-refractivity contribution in [2.24, 2.45) is 0 Å². The molecule has 2 aromatic carbocycles. The fraction of sp³-hybridized carbons (Fsp3) is 0.304. The number of rotatable bonds is 4. The van der Waals surface area contributed by atoms with Gasteiger partial charge in [0.2, 0.25) is 0 Å². The lowest BCUT2D eigenvalue weighted by Crippen LogP contribution is -3.00. The first kappa shape index (κ1) is 20.2. The van der Waals surface area contributed by atoms with Crippen molar-refractivity contribution in [2.45, 2.75) is 46.7 Å². The van der Waals surface area contributed by atoms with Crippen LogP contribution in [0.3, 0.4) is 0 Å². The molecule has 4 rings (SSSR count). The van der Waals surface area contributed by atoms with Crippen LogP contribution in [0.5, 0.6) is 0 Å². The third-order valence-corrected chi connectivity index (χ3v) is 5.40. The molecule has 1 amide bonds. The quantitative estimate of drug-likeness (QED) is 0.656. The number of nitrogens with one attached hydrogen (secondary N) is 1. The van der Waals surface area contributed by atoms with Gasteiger partial charge in [0.15, 0.2) is 12.2 Å². The zero-order valence-corrected chi connectivity index (χ0v) is 17.4. The Morgan fingerprint density at radius 3 is 2.43 bits per heavy atom. The lowest BCUT2D eigenvalue weighted by atomic mass is 10.1. The Bertz CT molecular complexity index is 985. The first-order valence-electron chi connectivity index (χ1n) is 9.58. The summed E-state index contributed by atoms with van der Waals surface area (Å²) in [5.41, 5.74) is 6.78. The van der Waals surface area contributed by atoms with E-state index in [1.807, 2.05) is 32.0 Å². The highest BCUT2D eigenvalue weighted by Crippen LogP contribution is 2.25. The van der Waals surface area contributed by atoms with Gasteiger partial charge >= 0.3 is 0 Å². The maximum atomic E-state index is 12.7. The van der Waals surface area contributed by atoms with Gasteiger partial charge < -0.3 is 17.7 Å². The standard InChI is InChI=1S/C23H25N3O.ClH/c1-16-9-11-19(12-10-16)20-14-25(22-8-5-13-26(20)22)15-21(27)24-23-17(2)6-4-7-18(23)3;/h4,6-7,9-12,14H,5,8,13,15H2,1-3H3;1H. The van der Waals surface area contributed by atoms with E-state index in [0.29, 0.717) is 6.54 Å². The molecular formula is C23H26ClN3O. The number of carbonyl (C=O) groups excluding carboxylic acids is 1. The molecule has 146 valence electrons. The first-order valence-corrected chi connectivity index (χ1v) is 9.58. The molecule has 1 aliphatic rings. The van der Waals surface area contributed by atoms with Gasteiger partial charge in [-0.2, -0.15) is 0 Å². The minimum Gasteiger partial charge on any atom is -1.00 e. The number of imidazole rings is 1. The van der Waals surface area contributed by atoms with Crippen LogP contribution in [0.15, 0.2) is 48.7 Å². The predicted octanol–water partition coefficient (Wildman–Crippen LogP) is 0.957. The van der Waals surface area contributed by atoms with E-state index in [-0.39, 0.29) is 18.3 Å². The van der Waals surface area contributed by atoms with Crippen molar-refractivity contribution in [1.29, 1.82) is 0 Å². The molecule has 1 N–H and O–H groups in total. The van der Waals surface area contributed by atoms with E-state index in [4.69, 9.17) is 0 Å². The van der Waals surface area contributed by atoms with Gasteiger partial charge in [-0.1, -0.05) is 48.0 Å². The highest BCUT2D eigenvalue weighted by atomic mass is 35.5. The van der Waals surface area contributed by atoms with Crippen molar-refractivity contribution in [3.8, 4) is 11.3 Å². The van der Waals surface area contributed by atoms with Crippen LogP contribution in [0, 0.1) is 20.8 Å². The molecule has 28 heavy (non-hydrogen) atoms. The van der Waals surface area contributed by atoms with Gasteiger partial charge in [0.1, 0.15) is 6.20 Å². The SMILES string of the molecule is Cc1ccc(-c2c[n+](CC(=O)Nc3c(C)cccc3C)c3n2CCC3)cc1.[Cl-]. The summed E-state index contributed by atoms with van der Waals surface area (Å²) < 4.78 is 4.47. The van der Waals surface area contributed by atoms with E-state index in [1.165, 1.54) is 22.6 Å². The largest absolute Gasteiger partial charge is 1.00 e. The van der Waals surface area contributed by atoms with E-state index in [1.54, 1.807) is 0 Å². The number of fused-ring (bicyclic) bond motifs is 1.